The number of hydrogen-bond donors (Lipinski definition) is 2. The summed E-state index contributed by atoms with van der Waals surface area (Å²) in [6, 6.07) is 1.01. The molecule has 1 aromatic heterocycles. The number of nitrogens with two attached hydrogens (primary N) is 1. The second-order valence-corrected chi connectivity index (χ2v) is 3.62. The summed E-state index contributed by atoms with van der Waals surface area (Å²) < 4.78 is 0. The lowest BCUT2D eigenvalue weighted by Crippen LogP contribution is -2.28. The zero-order valence-corrected chi connectivity index (χ0v) is 9.81. The van der Waals surface area contributed by atoms with Gasteiger partial charge in [0.15, 0.2) is 0 Å². The van der Waals surface area contributed by atoms with Gasteiger partial charge in [0.25, 0.3) is 11.6 Å². The minimum atomic E-state index is -0.691. The standard InChI is InChI=1S/C9H9ClN4O4/c10-8-6(3-5(4-13-8)14(17)18)9(16)12-2-1-7(11)15/h3-4H,1-2H2,(H2,11,15)(H,12,16). The molecule has 0 spiro atoms. The van der Waals surface area contributed by atoms with Crippen LogP contribution in [0.4, 0.5) is 5.69 Å². The van der Waals surface area contributed by atoms with E-state index in [2.05, 4.69) is 10.3 Å². The van der Waals surface area contributed by atoms with E-state index in [1.807, 2.05) is 0 Å². The van der Waals surface area contributed by atoms with Gasteiger partial charge in [0, 0.05) is 19.0 Å². The minimum absolute atomic E-state index is 0.0210. The fraction of sp³-hybridized carbons (Fsp3) is 0.222. The number of nitrogens with one attached hydrogen (secondary N) is 1. The first-order chi connectivity index (χ1) is 8.41. The number of nitrogens with zero attached hydrogens (tertiary/aromatic N) is 2. The summed E-state index contributed by atoms with van der Waals surface area (Å²) in [4.78, 5) is 35.4. The summed E-state index contributed by atoms with van der Waals surface area (Å²) in [6.45, 7) is 0.0210. The molecule has 9 heteroatoms. The highest BCUT2D eigenvalue weighted by Crippen LogP contribution is 2.18. The molecule has 0 radical (unpaired) electrons. The van der Waals surface area contributed by atoms with Crippen molar-refractivity contribution < 1.29 is 14.5 Å². The predicted octanol–water partition coefficient (Wildman–Crippen LogP) is 0.248. The lowest BCUT2D eigenvalue weighted by molar-refractivity contribution is -0.385. The van der Waals surface area contributed by atoms with Gasteiger partial charge in [-0.1, -0.05) is 11.6 Å². The molecule has 0 atom stereocenters. The van der Waals surface area contributed by atoms with Gasteiger partial charge in [-0.05, 0) is 0 Å². The molecule has 0 bridgehead atoms. The highest BCUT2D eigenvalue weighted by molar-refractivity contribution is 6.32. The summed E-state index contributed by atoms with van der Waals surface area (Å²) in [5.74, 6) is -1.23. The Bertz CT molecular complexity index is 505. The Labute approximate surface area is 106 Å². The SMILES string of the molecule is NC(=O)CCNC(=O)c1cc([N+](=O)[O-])cnc1Cl. The van der Waals surface area contributed by atoms with Crippen LogP contribution in [-0.2, 0) is 4.79 Å². The van der Waals surface area contributed by atoms with Crippen molar-refractivity contribution in [3.63, 3.8) is 0 Å². The molecule has 1 aromatic rings. The van der Waals surface area contributed by atoms with E-state index in [1.165, 1.54) is 0 Å². The average molecular weight is 273 g/mol. The van der Waals surface area contributed by atoms with Gasteiger partial charge in [-0.15, -0.1) is 0 Å². The second kappa shape index (κ2) is 5.92. The number of aromatic nitrogens is 1. The van der Waals surface area contributed by atoms with E-state index in [4.69, 9.17) is 17.3 Å². The fourth-order valence-electron chi connectivity index (χ4n) is 1.09. The van der Waals surface area contributed by atoms with Gasteiger partial charge >= 0.3 is 0 Å². The predicted molar refractivity (Wildman–Crippen MR) is 62.0 cm³/mol. The minimum Gasteiger partial charge on any atom is -0.370 e. The molecule has 1 heterocycles. The molecule has 1 rings (SSSR count). The van der Waals surface area contributed by atoms with E-state index >= 15 is 0 Å². The number of rotatable bonds is 5. The molecule has 0 saturated heterocycles. The van der Waals surface area contributed by atoms with Crippen LogP contribution >= 0.6 is 11.6 Å². The Kier molecular flexibility index (Phi) is 4.55. The van der Waals surface area contributed by atoms with Crippen LogP contribution in [0, 0.1) is 10.1 Å². The van der Waals surface area contributed by atoms with Crippen LogP contribution in [0.3, 0.4) is 0 Å². The lowest BCUT2D eigenvalue weighted by Gasteiger charge is -2.04. The second-order valence-electron chi connectivity index (χ2n) is 3.26. The van der Waals surface area contributed by atoms with Gasteiger partial charge in [-0.2, -0.15) is 0 Å². The Morgan fingerprint density at radius 3 is 2.78 bits per heavy atom. The van der Waals surface area contributed by atoms with Gasteiger partial charge in [0.05, 0.1) is 10.5 Å². The molecule has 0 aromatic carbocycles. The molecule has 8 nitrogen and oxygen atoms in total. The monoisotopic (exact) mass is 272 g/mol. The Morgan fingerprint density at radius 2 is 2.22 bits per heavy atom. The highest BCUT2D eigenvalue weighted by atomic mass is 35.5. The van der Waals surface area contributed by atoms with Gasteiger partial charge in [-0.3, -0.25) is 19.7 Å². The Morgan fingerprint density at radius 1 is 1.56 bits per heavy atom. The number of nitro groups is 1. The normalized spacial score (nSPS) is 9.83. The molecule has 3 N–H and O–H groups in total. The Hall–Kier alpha value is -2.22. The van der Waals surface area contributed by atoms with Gasteiger partial charge < -0.3 is 11.1 Å². The van der Waals surface area contributed by atoms with Crippen molar-refractivity contribution in [3.05, 3.63) is 33.1 Å². The van der Waals surface area contributed by atoms with Crippen LogP contribution in [0.15, 0.2) is 12.3 Å². The molecule has 0 saturated carbocycles. The number of amides is 2. The lowest BCUT2D eigenvalue weighted by atomic mass is 10.2. The third-order valence-corrected chi connectivity index (χ3v) is 2.24. The number of halogens is 1. The largest absolute Gasteiger partial charge is 0.370 e. The van der Waals surface area contributed by atoms with E-state index in [9.17, 15) is 19.7 Å². The summed E-state index contributed by atoms with van der Waals surface area (Å²) in [5, 5.41) is 12.7. The number of carbonyl (C=O) groups is 2. The smallest absolute Gasteiger partial charge is 0.288 e. The fourth-order valence-corrected chi connectivity index (χ4v) is 1.28. The third-order valence-electron chi connectivity index (χ3n) is 1.94. The van der Waals surface area contributed by atoms with Crippen LogP contribution in [0.25, 0.3) is 0 Å². The average Bonchev–Trinajstić information content (AvgIpc) is 2.28. The van der Waals surface area contributed by atoms with Crippen LogP contribution in [0.1, 0.15) is 16.8 Å². The first-order valence-corrected chi connectivity index (χ1v) is 5.16. The van der Waals surface area contributed by atoms with E-state index in [0.717, 1.165) is 12.3 Å². The third kappa shape index (κ3) is 3.67. The van der Waals surface area contributed by atoms with E-state index in [0.29, 0.717) is 0 Å². The summed E-state index contributed by atoms with van der Waals surface area (Å²) >= 11 is 5.65. The van der Waals surface area contributed by atoms with E-state index < -0.39 is 16.7 Å². The van der Waals surface area contributed by atoms with Gasteiger partial charge in [0.1, 0.15) is 11.3 Å². The maximum Gasteiger partial charge on any atom is 0.288 e. The summed E-state index contributed by atoms with van der Waals surface area (Å²) in [5.41, 5.74) is 4.42. The van der Waals surface area contributed by atoms with E-state index in [1.54, 1.807) is 0 Å². The topological polar surface area (TPSA) is 128 Å². The van der Waals surface area contributed by atoms with E-state index in [-0.39, 0.29) is 29.4 Å². The number of primary amides is 1. The molecular weight excluding hydrogens is 264 g/mol. The quantitative estimate of drug-likeness (QED) is 0.451. The number of hydrogen-bond acceptors (Lipinski definition) is 5. The maximum atomic E-state index is 11.6. The molecule has 18 heavy (non-hydrogen) atoms. The van der Waals surface area contributed by atoms with Gasteiger partial charge in [-0.25, -0.2) is 4.98 Å². The number of pyridine rings is 1. The van der Waals surface area contributed by atoms with Crippen molar-refractivity contribution in [2.75, 3.05) is 6.54 Å². The van der Waals surface area contributed by atoms with Crippen molar-refractivity contribution in [1.82, 2.24) is 10.3 Å². The van der Waals surface area contributed by atoms with Gasteiger partial charge in [0.2, 0.25) is 5.91 Å². The first kappa shape index (κ1) is 13.8. The zero-order chi connectivity index (χ0) is 13.7. The highest BCUT2D eigenvalue weighted by Gasteiger charge is 2.16. The summed E-state index contributed by atoms with van der Waals surface area (Å²) in [7, 11) is 0. The van der Waals surface area contributed by atoms with Crippen LogP contribution < -0.4 is 11.1 Å². The summed E-state index contributed by atoms with van der Waals surface area (Å²) in [6.07, 6.45) is 0.911. The number of carbonyl (C=O) groups excluding carboxylic acids is 2. The van der Waals surface area contributed by atoms with Crippen LogP contribution in [0.2, 0.25) is 5.15 Å². The van der Waals surface area contributed by atoms with Crippen molar-refractivity contribution in [1.29, 1.82) is 0 Å². The first-order valence-electron chi connectivity index (χ1n) is 4.78. The van der Waals surface area contributed by atoms with Crippen LogP contribution in [-0.4, -0.2) is 28.3 Å². The Balaban J connectivity index is 2.81. The van der Waals surface area contributed by atoms with Crippen molar-refractivity contribution in [2.24, 2.45) is 5.73 Å². The molecule has 0 aliphatic rings. The molecule has 0 unspecified atom stereocenters. The zero-order valence-electron chi connectivity index (χ0n) is 9.05. The van der Waals surface area contributed by atoms with Crippen LogP contribution in [0.5, 0.6) is 0 Å². The molecule has 2 amide bonds. The van der Waals surface area contributed by atoms with Crippen molar-refractivity contribution in [2.45, 2.75) is 6.42 Å². The molecule has 0 aliphatic carbocycles. The molecule has 0 fully saturated rings. The van der Waals surface area contributed by atoms with Crippen molar-refractivity contribution >= 4 is 29.1 Å². The molecule has 0 aliphatic heterocycles. The molecule has 96 valence electrons. The maximum absolute atomic E-state index is 11.6. The van der Waals surface area contributed by atoms with Crippen molar-refractivity contribution in [3.8, 4) is 0 Å². The molecular formula is C9H9ClN4O4.